The Morgan fingerprint density at radius 2 is 2.29 bits per heavy atom. The van der Waals surface area contributed by atoms with E-state index in [2.05, 4.69) is 0 Å². The lowest BCUT2D eigenvalue weighted by Gasteiger charge is -2.12. The Morgan fingerprint density at radius 3 is 2.86 bits per heavy atom. The molecule has 0 bridgehead atoms. The van der Waals surface area contributed by atoms with E-state index in [4.69, 9.17) is 22.1 Å². The monoisotopic (exact) mass is 217 g/mol. The number of hydrogen-bond donors (Lipinski definition) is 1. The van der Waals surface area contributed by atoms with Crippen molar-refractivity contribution >= 4 is 11.6 Å². The van der Waals surface area contributed by atoms with Crippen molar-refractivity contribution in [3.63, 3.8) is 0 Å². The standard InChI is InChI=1S/C10H13ClFNO/c1-14-5-4-10(13)8-3-2-7(11)6-9(8)12/h2-3,6,10H,4-5,13H2,1H3. The van der Waals surface area contributed by atoms with Crippen LogP contribution >= 0.6 is 11.6 Å². The Balaban J connectivity index is 2.74. The molecule has 0 aliphatic rings. The highest BCUT2D eigenvalue weighted by atomic mass is 35.5. The minimum absolute atomic E-state index is 0.341. The average molecular weight is 218 g/mol. The number of benzene rings is 1. The topological polar surface area (TPSA) is 35.2 Å². The average Bonchev–Trinajstić information content (AvgIpc) is 2.14. The summed E-state index contributed by atoms with van der Waals surface area (Å²) in [7, 11) is 1.59. The van der Waals surface area contributed by atoms with E-state index in [0.29, 0.717) is 23.6 Å². The molecule has 2 N–H and O–H groups in total. The van der Waals surface area contributed by atoms with Gasteiger partial charge in [-0.3, -0.25) is 0 Å². The molecule has 0 fully saturated rings. The molecule has 0 amide bonds. The van der Waals surface area contributed by atoms with E-state index in [1.807, 2.05) is 0 Å². The molecule has 2 nitrogen and oxygen atoms in total. The zero-order chi connectivity index (χ0) is 10.6. The molecule has 78 valence electrons. The number of hydrogen-bond acceptors (Lipinski definition) is 2. The third-order valence-electron chi connectivity index (χ3n) is 1.99. The molecule has 0 saturated heterocycles. The molecule has 0 aromatic heterocycles. The molecule has 1 aromatic carbocycles. The van der Waals surface area contributed by atoms with Gasteiger partial charge in [-0.15, -0.1) is 0 Å². The van der Waals surface area contributed by atoms with E-state index in [9.17, 15) is 4.39 Å². The van der Waals surface area contributed by atoms with E-state index in [-0.39, 0.29) is 11.9 Å². The highest BCUT2D eigenvalue weighted by Gasteiger charge is 2.11. The summed E-state index contributed by atoms with van der Waals surface area (Å²) in [6.07, 6.45) is 0.592. The van der Waals surface area contributed by atoms with Gasteiger partial charge < -0.3 is 10.5 Å². The van der Waals surface area contributed by atoms with Gasteiger partial charge in [-0.1, -0.05) is 17.7 Å². The van der Waals surface area contributed by atoms with Crippen molar-refractivity contribution in [2.45, 2.75) is 12.5 Å². The van der Waals surface area contributed by atoms with Crippen molar-refractivity contribution in [2.24, 2.45) is 5.73 Å². The zero-order valence-electron chi connectivity index (χ0n) is 7.97. The summed E-state index contributed by atoms with van der Waals surface area (Å²) >= 11 is 5.62. The van der Waals surface area contributed by atoms with Crippen LogP contribution < -0.4 is 5.73 Å². The summed E-state index contributed by atoms with van der Waals surface area (Å²) in [6, 6.07) is 4.17. The van der Waals surface area contributed by atoms with Crippen LogP contribution in [0.25, 0.3) is 0 Å². The normalized spacial score (nSPS) is 12.9. The maximum atomic E-state index is 13.3. The largest absolute Gasteiger partial charge is 0.385 e. The quantitative estimate of drug-likeness (QED) is 0.841. The molecule has 0 saturated carbocycles. The smallest absolute Gasteiger partial charge is 0.129 e. The molecular weight excluding hydrogens is 205 g/mol. The number of halogens is 2. The molecule has 0 heterocycles. The Bertz CT molecular complexity index is 306. The SMILES string of the molecule is COCCC(N)c1ccc(Cl)cc1F. The first kappa shape index (κ1) is 11.4. The minimum atomic E-state index is -0.360. The molecule has 1 unspecified atom stereocenters. The van der Waals surface area contributed by atoms with Crippen LogP contribution in [0.1, 0.15) is 18.0 Å². The van der Waals surface area contributed by atoms with Gasteiger partial charge in [0.05, 0.1) is 0 Å². The lowest BCUT2D eigenvalue weighted by Crippen LogP contribution is -2.14. The molecule has 4 heteroatoms. The van der Waals surface area contributed by atoms with Crippen molar-refractivity contribution in [1.82, 2.24) is 0 Å². The number of methoxy groups -OCH3 is 1. The van der Waals surface area contributed by atoms with Crippen LogP contribution in [0, 0.1) is 5.82 Å². The predicted molar refractivity (Wildman–Crippen MR) is 54.8 cm³/mol. The number of nitrogens with two attached hydrogens (primary N) is 1. The fraction of sp³-hybridized carbons (Fsp3) is 0.400. The zero-order valence-corrected chi connectivity index (χ0v) is 8.72. The van der Waals surface area contributed by atoms with Crippen LogP contribution in [0.2, 0.25) is 5.02 Å². The summed E-state index contributed by atoms with van der Waals surface area (Å²) in [4.78, 5) is 0. The van der Waals surface area contributed by atoms with E-state index in [1.54, 1.807) is 19.2 Å². The number of rotatable bonds is 4. The first-order chi connectivity index (χ1) is 6.65. The Morgan fingerprint density at radius 1 is 1.57 bits per heavy atom. The lowest BCUT2D eigenvalue weighted by molar-refractivity contribution is 0.187. The van der Waals surface area contributed by atoms with Crippen molar-refractivity contribution in [2.75, 3.05) is 13.7 Å². The van der Waals surface area contributed by atoms with Gasteiger partial charge in [-0.05, 0) is 18.6 Å². The first-order valence-electron chi connectivity index (χ1n) is 4.34. The molecule has 14 heavy (non-hydrogen) atoms. The molecular formula is C10H13ClFNO. The predicted octanol–water partition coefficient (Wildman–Crippen LogP) is 2.52. The molecule has 0 aliphatic carbocycles. The highest BCUT2D eigenvalue weighted by Crippen LogP contribution is 2.21. The van der Waals surface area contributed by atoms with Crippen LogP contribution in [0.5, 0.6) is 0 Å². The van der Waals surface area contributed by atoms with E-state index in [0.717, 1.165) is 0 Å². The Labute approximate surface area is 87.8 Å². The van der Waals surface area contributed by atoms with Gasteiger partial charge in [0.15, 0.2) is 0 Å². The summed E-state index contributed by atoms with van der Waals surface area (Å²) in [5.41, 5.74) is 6.25. The highest BCUT2D eigenvalue weighted by molar-refractivity contribution is 6.30. The molecule has 1 atom stereocenters. The van der Waals surface area contributed by atoms with Crippen LogP contribution in [-0.4, -0.2) is 13.7 Å². The lowest BCUT2D eigenvalue weighted by atomic mass is 10.0. The second-order valence-corrected chi connectivity index (χ2v) is 3.49. The summed E-state index contributed by atoms with van der Waals surface area (Å²) < 4.78 is 18.2. The van der Waals surface area contributed by atoms with Crippen LogP contribution in [-0.2, 0) is 4.74 Å². The van der Waals surface area contributed by atoms with Crippen LogP contribution in [0.3, 0.4) is 0 Å². The Hall–Kier alpha value is -0.640. The third kappa shape index (κ3) is 2.94. The van der Waals surface area contributed by atoms with Gasteiger partial charge in [-0.25, -0.2) is 4.39 Å². The van der Waals surface area contributed by atoms with Gasteiger partial charge >= 0.3 is 0 Å². The van der Waals surface area contributed by atoms with Gasteiger partial charge in [0, 0.05) is 30.3 Å². The van der Waals surface area contributed by atoms with Crippen LogP contribution in [0.4, 0.5) is 4.39 Å². The third-order valence-corrected chi connectivity index (χ3v) is 2.23. The van der Waals surface area contributed by atoms with E-state index in [1.165, 1.54) is 6.07 Å². The summed E-state index contributed by atoms with van der Waals surface area (Å²) in [6.45, 7) is 0.517. The van der Waals surface area contributed by atoms with Gasteiger partial charge in [0.1, 0.15) is 5.82 Å². The first-order valence-corrected chi connectivity index (χ1v) is 4.72. The molecule has 0 radical (unpaired) electrons. The van der Waals surface area contributed by atoms with Crippen LogP contribution in [0.15, 0.2) is 18.2 Å². The maximum Gasteiger partial charge on any atom is 0.129 e. The minimum Gasteiger partial charge on any atom is -0.385 e. The second-order valence-electron chi connectivity index (χ2n) is 3.05. The maximum absolute atomic E-state index is 13.3. The van der Waals surface area contributed by atoms with Crippen molar-refractivity contribution in [3.05, 3.63) is 34.6 Å². The molecule has 1 rings (SSSR count). The van der Waals surface area contributed by atoms with Gasteiger partial charge in [-0.2, -0.15) is 0 Å². The van der Waals surface area contributed by atoms with Crippen molar-refractivity contribution < 1.29 is 9.13 Å². The van der Waals surface area contributed by atoms with E-state index < -0.39 is 0 Å². The second kappa shape index (κ2) is 5.29. The summed E-state index contributed by atoms with van der Waals surface area (Å²) in [5.74, 6) is -0.360. The fourth-order valence-corrected chi connectivity index (χ4v) is 1.36. The van der Waals surface area contributed by atoms with E-state index >= 15 is 0 Å². The van der Waals surface area contributed by atoms with Crippen molar-refractivity contribution in [1.29, 1.82) is 0 Å². The molecule has 0 aliphatic heterocycles. The molecule has 1 aromatic rings. The number of ether oxygens (including phenoxy) is 1. The van der Waals surface area contributed by atoms with Gasteiger partial charge in [0.25, 0.3) is 0 Å². The fourth-order valence-electron chi connectivity index (χ4n) is 1.20. The molecule has 0 spiro atoms. The van der Waals surface area contributed by atoms with Crippen molar-refractivity contribution in [3.8, 4) is 0 Å². The van der Waals surface area contributed by atoms with Gasteiger partial charge in [0.2, 0.25) is 0 Å². The Kier molecular flexibility index (Phi) is 4.32. The summed E-state index contributed by atoms with van der Waals surface area (Å²) in [5, 5.41) is 0.380.